The van der Waals surface area contributed by atoms with Crippen LogP contribution in [0, 0.1) is 11.8 Å². The average Bonchev–Trinajstić information content (AvgIpc) is 3.10. The van der Waals surface area contributed by atoms with Crippen LogP contribution in [0.3, 0.4) is 0 Å². The van der Waals surface area contributed by atoms with Gasteiger partial charge in [0.2, 0.25) is 11.8 Å². The Morgan fingerprint density at radius 3 is 2.64 bits per heavy atom. The van der Waals surface area contributed by atoms with Gasteiger partial charge in [-0.3, -0.25) is 24.6 Å². The molecule has 1 aliphatic carbocycles. The van der Waals surface area contributed by atoms with Crippen LogP contribution in [0.15, 0.2) is 24.3 Å². The summed E-state index contributed by atoms with van der Waals surface area (Å²) in [7, 11) is 1.79. The summed E-state index contributed by atoms with van der Waals surface area (Å²) in [6.07, 6.45) is 2.42. The number of carbonyl (C=O) groups excluding carboxylic acids is 4. The molecule has 8 nitrogen and oxygen atoms in total. The summed E-state index contributed by atoms with van der Waals surface area (Å²) in [6.45, 7) is 0.931. The van der Waals surface area contributed by atoms with Crippen LogP contribution < -0.4 is 15.5 Å². The Kier molecular flexibility index (Phi) is 4.78. The molecular weight excluding hydrogens is 360 g/mol. The van der Waals surface area contributed by atoms with E-state index in [1.165, 1.54) is 4.90 Å². The van der Waals surface area contributed by atoms with Crippen LogP contribution in [-0.4, -0.2) is 54.8 Å². The molecule has 28 heavy (non-hydrogen) atoms. The molecule has 4 rings (SSSR count). The molecule has 0 unspecified atom stereocenters. The Balaban J connectivity index is 1.53. The van der Waals surface area contributed by atoms with Crippen molar-refractivity contribution in [3.8, 4) is 0 Å². The van der Waals surface area contributed by atoms with Gasteiger partial charge in [-0.25, -0.2) is 4.79 Å². The summed E-state index contributed by atoms with van der Waals surface area (Å²) < 4.78 is 0. The van der Waals surface area contributed by atoms with Crippen molar-refractivity contribution in [2.75, 3.05) is 25.0 Å². The Labute approximate surface area is 163 Å². The smallest absolute Gasteiger partial charge is 0.328 e. The molecule has 2 N–H and O–H groups in total. The van der Waals surface area contributed by atoms with Gasteiger partial charge in [-0.05, 0) is 36.8 Å². The van der Waals surface area contributed by atoms with Crippen molar-refractivity contribution >= 4 is 29.4 Å². The highest BCUT2D eigenvalue weighted by Gasteiger charge is 2.41. The number of benzene rings is 1. The van der Waals surface area contributed by atoms with E-state index in [1.807, 2.05) is 0 Å². The lowest BCUT2D eigenvalue weighted by Crippen LogP contribution is -2.50. The lowest BCUT2D eigenvalue weighted by Gasteiger charge is -2.30. The van der Waals surface area contributed by atoms with Crippen LogP contribution in [0.2, 0.25) is 0 Å². The molecule has 0 aromatic heterocycles. The maximum Gasteiger partial charge on any atom is 0.328 e. The lowest BCUT2D eigenvalue weighted by atomic mass is 9.89. The number of piperidine rings is 1. The molecular formula is C20H24N4O4. The first-order valence-corrected chi connectivity index (χ1v) is 9.68. The number of anilines is 1. The zero-order chi connectivity index (χ0) is 19.8. The van der Waals surface area contributed by atoms with Gasteiger partial charge < -0.3 is 10.2 Å². The third-order valence-corrected chi connectivity index (χ3v) is 6.17. The molecule has 148 valence electrons. The van der Waals surface area contributed by atoms with Crippen molar-refractivity contribution in [2.24, 2.45) is 11.8 Å². The first-order chi connectivity index (χ1) is 13.4. The number of urea groups is 1. The zero-order valence-corrected chi connectivity index (χ0v) is 15.8. The molecule has 0 radical (unpaired) electrons. The van der Waals surface area contributed by atoms with E-state index >= 15 is 0 Å². The summed E-state index contributed by atoms with van der Waals surface area (Å²) in [5.41, 5.74) is 0.954. The fraction of sp³-hybridized carbons (Fsp3) is 0.500. The van der Waals surface area contributed by atoms with Crippen molar-refractivity contribution in [2.45, 2.75) is 31.7 Å². The molecule has 2 aliphatic heterocycles. The molecule has 1 saturated carbocycles. The number of para-hydroxylation sites is 1. The number of hydrogen-bond donors (Lipinski definition) is 2. The first kappa shape index (κ1) is 18.5. The van der Waals surface area contributed by atoms with E-state index in [-0.39, 0.29) is 36.7 Å². The van der Waals surface area contributed by atoms with E-state index in [2.05, 4.69) is 10.6 Å². The summed E-state index contributed by atoms with van der Waals surface area (Å²) in [6, 6.07) is 6.56. The third kappa shape index (κ3) is 3.34. The topological polar surface area (TPSA) is 98.8 Å². The summed E-state index contributed by atoms with van der Waals surface area (Å²) in [4.78, 5) is 51.8. The highest BCUT2D eigenvalue weighted by atomic mass is 16.2. The Morgan fingerprint density at radius 2 is 1.86 bits per heavy atom. The number of imide groups is 1. The summed E-state index contributed by atoms with van der Waals surface area (Å²) in [5.74, 6) is 0.365. The quantitative estimate of drug-likeness (QED) is 0.816. The minimum atomic E-state index is -0.504. The maximum atomic E-state index is 13.3. The number of hydrogen-bond acceptors (Lipinski definition) is 4. The highest BCUT2D eigenvalue weighted by Crippen LogP contribution is 2.39. The minimum absolute atomic E-state index is 0.0695. The summed E-state index contributed by atoms with van der Waals surface area (Å²) >= 11 is 0. The number of fused-ring (bicyclic) bond motifs is 1. The fourth-order valence-corrected chi connectivity index (χ4v) is 4.59. The van der Waals surface area contributed by atoms with Crippen LogP contribution in [0.25, 0.3) is 0 Å². The molecule has 3 fully saturated rings. The standard InChI is InChI=1S/C20H24N4O4/c1-23(14-8-12-10-18(26)21-11-13(12)9-14)19(27)15-4-2-3-5-16(15)24-7-6-17(25)22-20(24)28/h2-5,12-14H,6-11H2,1H3,(H,21,26)(H,22,25,28)/t12-,13+,14-/m0/s1. The van der Waals surface area contributed by atoms with Gasteiger partial charge in [0.05, 0.1) is 11.3 Å². The van der Waals surface area contributed by atoms with E-state index in [1.54, 1.807) is 36.2 Å². The normalized spacial score (nSPS) is 27.1. The molecule has 1 aromatic rings. The fourth-order valence-electron chi connectivity index (χ4n) is 4.59. The Hall–Kier alpha value is -2.90. The number of amides is 5. The molecule has 0 spiro atoms. The van der Waals surface area contributed by atoms with Crippen LogP contribution in [0.1, 0.15) is 36.0 Å². The number of nitrogens with zero attached hydrogens (tertiary/aromatic N) is 2. The largest absolute Gasteiger partial charge is 0.356 e. The van der Waals surface area contributed by atoms with Gasteiger partial charge >= 0.3 is 6.03 Å². The molecule has 1 aromatic carbocycles. The molecule has 3 aliphatic rings. The molecule has 8 heteroatoms. The molecule has 2 saturated heterocycles. The summed E-state index contributed by atoms with van der Waals surface area (Å²) in [5, 5.41) is 5.21. The molecule has 5 amide bonds. The van der Waals surface area contributed by atoms with E-state index in [0.717, 1.165) is 12.8 Å². The van der Waals surface area contributed by atoms with Crippen LogP contribution in [0.5, 0.6) is 0 Å². The van der Waals surface area contributed by atoms with Crippen molar-refractivity contribution in [3.05, 3.63) is 29.8 Å². The van der Waals surface area contributed by atoms with Gasteiger partial charge in [0.1, 0.15) is 0 Å². The van der Waals surface area contributed by atoms with E-state index in [4.69, 9.17) is 0 Å². The van der Waals surface area contributed by atoms with Gasteiger partial charge in [0.25, 0.3) is 5.91 Å². The zero-order valence-electron chi connectivity index (χ0n) is 15.8. The predicted molar refractivity (Wildman–Crippen MR) is 102 cm³/mol. The predicted octanol–water partition coefficient (Wildman–Crippen LogP) is 1.12. The highest BCUT2D eigenvalue weighted by molar-refractivity contribution is 6.09. The molecule has 0 bridgehead atoms. The van der Waals surface area contributed by atoms with Gasteiger partial charge in [-0.2, -0.15) is 0 Å². The van der Waals surface area contributed by atoms with Gasteiger partial charge in [0.15, 0.2) is 0 Å². The second-order valence-electron chi connectivity index (χ2n) is 7.84. The van der Waals surface area contributed by atoms with Gasteiger partial charge in [0, 0.05) is 39.0 Å². The second-order valence-corrected chi connectivity index (χ2v) is 7.84. The third-order valence-electron chi connectivity index (χ3n) is 6.17. The molecule has 2 heterocycles. The van der Waals surface area contributed by atoms with E-state index < -0.39 is 6.03 Å². The maximum absolute atomic E-state index is 13.3. The number of rotatable bonds is 3. The van der Waals surface area contributed by atoms with Crippen molar-refractivity contribution in [1.29, 1.82) is 0 Å². The van der Waals surface area contributed by atoms with Crippen molar-refractivity contribution < 1.29 is 19.2 Å². The van der Waals surface area contributed by atoms with Crippen molar-refractivity contribution in [1.82, 2.24) is 15.5 Å². The van der Waals surface area contributed by atoms with Gasteiger partial charge in [-0.1, -0.05) is 12.1 Å². The SMILES string of the molecule is CN(C(=O)c1ccccc1N1CCC(=O)NC1=O)[C@H]1C[C@H]2CC(=O)NC[C@H]2C1. The average molecular weight is 384 g/mol. The van der Waals surface area contributed by atoms with Gasteiger partial charge in [-0.15, -0.1) is 0 Å². The lowest BCUT2D eigenvalue weighted by molar-refractivity contribution is -0.124. The van der Waals surface area contributed by atoms with Crippen LogP contribution in [0.4, 0.5) is 10.5 Å². The second kappa shape index (κ2) is 7.26. The van der Waals surface area contributed by atoms with Crippen LogP contribution in [-0.2, 0) is 9.59 Å². The Bertz CT molecular complexity index is 839. The van der Waals surface area contributed by atoms with E-state index in [0.29, 0.717) is 36.1 Å². The monoisotopic (exact) mass is 384 g/mol. The Morgan fingerprint density at radius 1 is 1.11 bits per heavy atom. The number of carbonyl (C=O) groups is 4. The molecule has 3 atom stereocenters. The van der Waals surface area contributed by atoms with Crippen molar-refractivity contribution in [3.63, 3.8) is 0 Å². The van der Waals surface area contributed by atoms with E-state index in [9.17, 15) is 19.2 Å². The van der Waals surface area contributed by atoms with Crippen LogP contribution >= 0.6 is 0 Å². The minimum Gasteiger partial charge on any atom is -0.356 e. The first-order valence-electron chi connectivity index (χ1n) is 9.68. The number of nitrogens with one attached hydrogen (secondary N) is 2.